The smallest absolute Gasteiger partial charge is 0.233 e. The van der Waals surface area contributed by atoms with Gasteiger partial charge in [0.25, 0.3) is 0 Å². The van der Waals surface area contributed by atoms with E-state index in [2.05, 4.69) is 11.1 Å². The van der Waals surface area contributed by atoms with Gasteiger partial charge in [-0.1, -0.05) is 24.4 Å². The molecule has 0 bridgehead atoms. The second kappa shape index (κ2) is 9.07. The molecule has 3 aliphatic carbocycles. The maximum absolute atomic E-state index is 13.4. The fourth-order valence-electron chi connectivity index (χ4n) is 6.06. The number of amides is 2. The van der Waals surface area contributed by atoms with Gasteiger partial charge in [0.2, 0.25) is 11.8 Å². The van der Waals surface area contributed by atoms with Crippen molar-refractivity contribution in [2.24, 2.45) is 28.8 Å². The molecular formula is C23H32N2O5. The molecule has 0 spiro atoms. The number of imide groups is 1. The number of likely N-dealkylation sites (tertiary alicyclic amines) is 1. The number of hydrogen-bond donors (Lipinski definition) is 2. The van der Waals surface area contributed by atoms with Gasteiger partial charge in [0.1, 0.15) is 6.61 Å². The lowest BCUT2D eigenvalue weighted by molar-refractivity contribution is -0.145. The third-order valence-electron chi connectivity index (χ3n) is 7.49. The summed E-state index contributed by atoms with van der Waals surface area (Å²) in [6.07, 6.45) is 11.0. The Morgan fingerprint density at radius 1 is 1.07 bits per heavy atom. The Labute approximate surface area is 177 Å². The molecule has 1 aliphatic heterocycles. The summed E-state index contributed by atoms with van der Waals surface area (Å²) in [7, 11) is 0. The number of terminal acetylenes is 1. The lowest BCUT2D eigenvalue weighted by Gasteiger charge is -2.45. The third kappa shape index (κ3) is 3.76. The van der Waals surface area contributed by atoms with E-state index < -0.39 is 30.0 Å². The van der Waals surface area contributed by atoms with Gasteiger partial charge in [-0.15, -0.1) is 12.3 Å². The molecule has 3 saturated carbocycles. The Balaban J connectivity index is 1.55. The molecule has 0 aromatic carbocycles. The van der Waals surface area contributed by atoms with Crippen molar-refractivity contribution in [3.8, 4) is 12.3 Å². The highest BCUT2D eigenvalue weighted by Gasteiger charge is 2.60. The summed E-state index contributed by atoms with van der Waals surface area (Å²) < 4.78 is 0. The van der Waals surface area contributed by atoms with Crippen LogP contribution in [0.15, 0.2) is 5.16 Å². The first-order valence-corrected chi connectivity index (χ1v) is 11.4. The predicted octanol–water partition coefficient (Wildman–Crippen LogP) is 1.86. The highest BCUT2D eigenvalue weighted by atomic mass is 16.6. The Morgan fingerprint density at radius 3 is 2.53 bits per heavy atom. The fraction of sp³-hybridized carbons (Fsp3) is 0.783. The number of carbonyl (C=O) groups is 2. The van der Waals surface area contributed by atoms with Gasteiger partial charge < -0.3 is 15.1 Å². The van der Waals surface area contributed by atoms with Crippen molar-refractivity contribution in [2.75, 3.05) is 6.61 Å². The fourth-order valence-corrected chi connectivity index (χ4v) is 6.06. The van der Waals surface area contributed by atoms with Crippen LogP contribution in [0.3, 0.4) is 0 Å². The van der Waals surface area contributed by atoms with E-state index in [0.29, 0.717) is 38.0 Å². The minimum Gasteiger partial charge on any atom is -0.396 e. The van der Waals surface area contributed by atoms with Crippen LogP contribution in [0.1, 0.15) is 64.2 Å². The number of carbonyl (C=O) groups excluding carboxylic acids is 2. The zero-order chi connectivity index (χ0) is 21.3. The van der Waals surface area contributed by atoms with E-state index >= 15 is 0 Å². The predicted molar refractivity (Wildman–Crippen MR) is 110 cm³/mol. The van der Waals surface area contributed by atoms with Crippen molar-refractivity contribution in [3.63, 3.8) is 0 Å². The molecule has 7 nitrogen and oxygen atoms in total. The summed E-state index contributed by atoms with van der Waals surface area (Å²) in [5.41, 5.74) is 0.688. The van der Waals surface area contributed by atoms with Crippen molar-refractivity contribution in [3.05, 3.63) is 0 Å². The maximum Gasteiger partial charge on any atom is 0.233 e. The van der Waals surface area contributed by atoms with Crippen molar-refractivity contribution in [2.45, 2.75) is 82.5 Å². The molecule has 0 aromatic rings. The summed E-state index contributed by atoms with van der Waals surface area (Å²) in [5, 5.41) is 25.6. The molecule has 4 aliphatic rings. The van der Waals surface area contributed by atoms with Crippen LogP contribution < -0.4 is 0 Å². The molecule has 1 saturated heterocycles. The number of oxime groups is 1. The Hall–Kier alpha value is -1.91. The summed E-state index contributed by atoms with van der Waals surface area (Å²) in [4.78, 5) is 33.5. The van der Waals surface area contributed by atoms with Gasteiger partial charge in [0.05, 0.1) is 29.8 Å². The van der Waals surface area contributed by atoms with E-state index in [-0.39, 0.29) is 30.2 Å². The second-order valence-corrected chi connectivity index (χ2v) is 9.22. The standard InChI is InChI=1S/C23H32N2O5/c1-2-3-7-12-30-24-17-13-18(26)21(27)19-15(17)10-11-16-20(19)23(29)25(22(16)28)14-8-5-4-6-9-14/h1,14-16,18-21,26-27H,3-13H2/t15-,16-,18-,19+,20-,21-/m1/s1. The highest BCUT2D eigenvalue weighted by molar-refractivity contribution is 6.06. The van der Waals surface area contributed by atoms with E-state index in [0.717, 1.165) is 32.1 Å². The van der Waals surface area contributed by atoms with Crippen molar-refractivity contribution >= 4 is 17.5 Å². The zero-order valence-electron chi connectivity index (χ0n) is 17.4. The molecule has 7 heteroatoms. The first-order valence-electron chi connectivity index (χ1n) is 11.4. The van der Waals surface area contributed by atoms with Gasteiger partial charge >= 0.3 is 0 Å². The average Bonchev–Trinajstić information content (AvgIpc) is 3.01. The number of nitrogens with zero attached hydrogens (tertiary/aromatic N) is 2. The van der Waals surface area contributed by atoms with Crippen LogP contribution in [-0.4, -0.2) is 57.5 Å². The van der Waals surface area contributed by atoms with Crippen LogP contribution in [-0.2, 0) is 14.4 Å². The topological polar surface area (TPSA) is 99.4 Å². The lowest BCUT2D eigenvalue weighted by Crippen LogP contribution is -2.54. The first kappa shape index (κ1) is 21.3. The van der Waals surface area contributed by atoms with Crippen molar-refractivity contribution in [1.82, 2.24) is 4.90 Å². The molecule has 0 aromatic heterocycles. The second-order valence-electron chi connectivity index (χ2n) is 9.22. The van der Waals surface area contributed by atoms with Gasteiger partial charge in [0.15, 0.2) is 0 Å². The van der Waals surface area contributed by atoms with Crippen LogP contribution in [0.5, 0.6) is 0 Å². The monoisotopic (exact) mass is 416 g/mol. The Kier molecular flexibility index (Phi) is 6.45. The molecule has 4 fully saturated rings. The molecule has 1 heterocycles. The molecule has 164 valence electrons. The van der Waals surface area contributed by atoms with Gasteiger partial charge in [-0.25, -0.2) is 0 Å². The number of fused-ring (bicyclic) bond motifs is 3. The first-order chi connectivity index (χ1) is 14.5. The van der Waals surface area contributed by atoms with Gasteiger partial charge in [-0.2, -0.15) is 0 Å². The summed E-state index contributed by atoms with van der Waals surface area (Å²) in [5.74, 6) is 0.707. The number of aliphatic hydroxyl groups excluding tert-OH is 2. The zero-order valence-corrected chi connectivity index (χ0v) is 17.4. The summed E-state index contributed by atoms with van der Waals surface area (Å²) in [6, 6.07) is -0.0129. The van der Waals surface area contributed by atoms with Gasteiger partial charge in [-0.3, -0.25) is 14.5 Å². The molecule has 6 atom stereocenters. The normalized spacial score (nSPS) is 38.3. The van der Waals surface area contributed by atoms with E-state index in [1.807, 2.05) is 0 Å². The lowest BCUT2D eigenvalue weighted by atomic mass is 9.60. The molecule has 0 unspecified atom stereocenters. The van der Waals surface area contributed by atoms with Crippen LogP contribution in [0.2, 0.25) is 0 Å². The van der Waals surface area contributed by atoms with Gasteiger partial charge in [-0.05, 0) is 32.1 Å². The largest absolute Gasteiger partial charge is 0.396 e. The quantitative estimate of drug-likeness (QED) is 0.308. The Morgan fingerprint density at radius 2 is 1.80 bits per heavy atom. The number of unbranched alkanes of at least 4 members (excludes halogenated alkanes) is 1. The molecule has 2 N–H and O–H groups in total. The van der Waals surface area contributed by atoms with Crippen LogP contribution in [0, 0.1) is 36.0 Å². The van der Waals surface area contributed by atoms with Crippen LogP contribution in [0.25, 0.3) is 0 Å². The molecule has 0 radical (unpaired) electrons. The summed E-state index contributed by atoms with van der Waals surface area (Å²) in [6.45, 7) is 0.392. The number of hydrogen-bond acceptors (Lipinski definition) is 6. The van der Waals surface area contributed by atoms with Crippen molar-refractivity contribution < 1.29 is 24.6 Å². The van der Waals surface area contributed by atoms with E-state index in [1.165, 1.54) is 4.90 Å². The SMILES string of the molecule is C#CCCCON=C1C[C@@H](O)[C@@H](O)[C@@H]2[C@@H]3C(=O)N(C4CCCCC4)C(=O)[C@@H]3CC[C@H]12. The number of aliphatic hydroxyl groups is 2. The Bertz CT molecular complexity index is 738. The van der Waals surface area contributed by atoms with Crippen LogP contribution >= 0.6 is 0 Å². The molecule has 4 rings (SSSR count). The van der Waals surface area contributed by atoms with E-state index in [4.69, 9.17) is 11.3 Å². The highest BCUT2D eigenvalue weighted by Crippen LogP contribution is 2.50. The van der Waals surface area contributed by atoms with Crippen LogP contribution in [0.4, 0.5) is 0 Å². The molecular weight excluding hydrogens is 384 g/mol. The summed E-state index contributed by atoms with van der Waals surface area (Å²) >= 11 is 0. The van der Waals surface area contributed by atoms with Crippen molar-refractivity contribution in [1.29, 1.82) is 0 Å². The molecule has 2 amide bonds. The van der Waals surface area contributed by atoms with E-state index in [1.54, 1.807) is 0 Å². The van der Waals surface area contributed by atoms with E-state index in [9.17, 15) is 19.8 Å². The number of rotatable bonds is 5. The van der Waals surface area contributed by atoms with Gasteiger partial charge in [0, 0.05) is 30.7 Å². The minimum absolute atomic E-state index is 0.0129. The maximum atomic E-state index is 13.4. The average molecular weight is 417 g/mol. The minimum atomic E-state index is -1.04. The molecule has 30 heavy (non-hydrogen) atoms. The third-order valence-corrected chi connectivity index (χ3v) is 7.49.